The molecule has 4 N–H and O–H groups in total. The molecule has 2 aliphatic rings. The summed E-state index contributed by atoms with van der Waals surface area (Å²) >= 11 is 0. The number of nitrogens with two attached hydrogens (primary N) is 1. The topological polar surface area (TPSA) is 75.3 Å². The lowest BCUT2D eigenvalue weighted by atomic mass is 9.80. The van der Waals surface area contributed by atoms with E-state index in [2.05, 4.69) is 5.32 Å². The molecule has 0 spiro atoms. The van der Waals surface area contributed by atoms with Crippen molar-refractivity contribution in [1.29, 1.82) is 0 Å². The van der Waals surface area contributed by atoms with Crippen LogP contribution in [0.1, 0.15) is 38.5 Å². The van der Waals surface area contributed by atoms with Gasteiger partial charge in [-0.3, -0.25) is 4.79 Å². The molecule has 4 heteroatoms. The number of carbonyl (C=O) groups is 1. The Kier molecular flexibility index (Phi) is 3.26. The van der Waals surface area contributed by atoms with Crippen LogP contribution < -0.4 is 11.1 Å². The molecule has 2 saturated carbocycles. The zero-order chi connectivity index (χ0) is 10.8. The van der Waals surface area contributed by atoms with Crippen molar-refractivity contribution in [3.8, 4) is 0 Å². The minimum Gasteiger partial charge on any atom is -0.382 e. The van der Waals surface area contributed by atoms with E-state index >= 15 is 0 Å². The molecule has 0 aromatic carbocycles. The molecule has 4 nitrogen and oxygen atoms in total. The van der Waals surface area contributed by atoms with E-state index in [1.165, 1.54) is 19.3 Å². The third kappa shape index (κ3) is 2.92. The van der Waals surface area contributed by atoms with Gasteiger partial charge in [0.25, 0.3) is 5.91 Å². The molecule has 2 rings (SSSR count). The van der Waals surface area contributed by atoms with Gasteiger partial charge in [0.15, 0.2) is 0 Å². The number of nitrogens with one attached hydrogen (secondary N) is 1. The maximum absolute atomic E-state index is 11.5. The summed E-state index contributed by atoms with van der Waals surface area (Å²) in [6.07, 6.45) is 5.49. The Bertz CT molecular complexity index is 237. The lowest BCUT2D eigenvalue weighted by molar-refractivity contribution is -0.130. The SMILES string of the molecule is N[C@@H](CC1CCC1)[C@H](O)C(=O)NC1CC1. The van der Waals surface area contributed by atoms with Gasteiger partial charge < -0.3 is 16.2 Å². The molecule has 0 aromatic heterocycles. The van der Waals surface area contributed by atoms with E-state index in [9.17, 15) is 9.90 Å². The van der Waals surface area contributed by atoms with Crippen molar-refractivity contribution in [3.05, 3.63) is 0 Å². The van der Waals surface area contributed by atoms with Crippen LogP contribution >= 0.6 is 0 Å². The minimum atomic E-state index is -1.02. The second-order valence-corrected chi connectivity index (χ2v) is 4.92. The molecule has 0 bridgehead atoms. The third-order valence-electron chi connectivity index (χ3n) is 3.43. The van der Waals surface area contributed by atoms with E-state index in [-0.39, 0.29) is 5.91 Å². The lowest BCUT2D eigenvalue weighted by Gasteiger charge is -2.29. The maximum Gasteiger partial charge on any atom is 0.250 e. The highest BCUT2D eigenvalue weighted by Crippen LogP contribution is 2.30. The van der Waals surface area contributed by atoms with Gasteiger partial charge in [-0.05, 0) is 25.2 Å². The average Bonchev–Trinajstić information content (AvgIpc) is 2.93. The zero-order valence-corrected chi connectivity index (χ0v) is 8.98. The molecule has 0 saturated heterocycles. The van der Waals surface area contributed by atoms with Gasteiger partial charge in [-0.1, -0.05) is 19.3 Å². The molecule has 0 aromatic rings. The van der Waals surface area contributed by atoms with Crippen LogP contribution in [0.25, 0.3) is 0 Å². The Morgan fingerprint density at radius 2 is 2.07 bits per heavy atom. The summed E-state index contributed by atoms with van der Waals surface area (Å²) in [4.78, 5) is 11.5. The first kappa shape index (κ1) is 10.9. The Balaban J connectivity index is 1.71. The van der Waals surface area contributed by atoms with Crippen LogP contribution in [0, 0.1) is 5.92 Å². The highest BCUT2D eigenvalue weighted by Gasteiger charge is 2.31. The molecule has 2 atom stereocenters. The number of amides is 1. The van der Waals surface area contributed by atoms with Crippen molar-refractivity contribution < 1.29 is 9.90 Å². The van der Waals surface area contributed by atoms with Gasteiger partial charge in [-0.25, -0.2) is 0 Å². The largest absolute Gasteiger partial charge is 0.382 e. The van der Waals surface area contributed by atoms with Crippen LogP contribution in [-0.4, -0.2) is 29.2 Å². The fourth-order valence-corrected chi connectivity index (χ4v) is 1.95. The zero-order valence-electron chi connectivity index (χ0n) is 8.98. The van der Waals surface area contributed by atoms with Crippen LogP contribution in [0.3, 0.4) is 0 Å². The fourth-order valence-electron chi connectivity index (χ4n) is 1.95. The first-order valence-corrected chi connectivity index (χ1v) is 5.91. The van der Waals surface area contributed by atoms with Gasteiger partial charge in [0.2, 0.25) is 0 Å². The highest BCUT2D eigenvalue weighted by atomic mass is 16.3. The Morgan fingerprint density at radius 1 is 1.40 bits per heavy atom. The number of hydrogen-bond donors (Lipinski definition) is 3. The monoisotopic (exact) mass is 212 g/mol. The molecule has 2 aliphatic carbocycles. The minimum absolute atomic E-state index is 0.288. The van der Waals surface area contributed by atoms with E-state index in [4.69, 9.17) is 5.73 Å². The second kappa shape index (κ2) is 4.49. The molecule has 86 valence electrons. The van der Waals surface area contributed by atoms with Gasteiger partial charge >= 0.3 is 0 Å². The van der Waals surface area contributed by atoms with Crippen LogP contribution in [0.4, 0.5) is 0 Å². The van der Waals surface area contributed by atoms with Crippen molar-refractivity contribution in [2.45, 2.75) is 56.7 Å². The lowest BCUT2D eigenvalue weighted by Crippen LogP contribution is -2.48. The smallest absolute Gasteiger partial charge is 0.250 e. The number of aliphatic hydroxyl groups excluding tert-OH is 1. The first-order valence-electron chi connectivity index (χ1n) is 5.91. The van der Waals surface area contributed by atoms with Gasteiger partial charge in [-0.15, -0.1) is 0 Å². The summed E-state index contributed by atoms with van der Waals surface area (Å²) in [5.74, 6) is 0.340. The van der Waals surface area contributed by atoms with Crippen molar-refractivity contribution in [2.75, 3.05) is 0 Å². The van der Waals surface area contributed by atoms with E-state index in [0.29, 0.717) is 12.0 Å². The molecule has 0 heterocycles. The molecule has 2 fully saturated rings. The van der Waals surface area contributed by atoms with Crippen LogP contribution in [-0.2, 0) is 4.79 Å². The Labute approximate surface area is 90.2 Å². The molecule has 0 aliphatic heterocycles. The number of hydrogen-bond acceptors (Lipinski definition) is 3. The van der Waals surface area contributed by atoms with E-state index in [1.54, 1.807) is 0 Å². The van der Waals surface area contributed by atoms with Crippen LogP contribution in [0.2, 0.25) is 0 Å². The van der Waals surface area contributed by atoms with Crippen molar-refractivity contribution >= 4 is 5.91 Å². The predicted octanol–water partition coefficient (Wildman–Crippen LogP) is 0.143. The van der Waals surface area contributed by atoms with Crippen LogP contribution in [0.5, 0.6) is 0 Å². The quantitative estimate of drug-likeness (QED) is 0.607. The predicted molar refractivity (Wildman–Crippen MR) is 57.1 cm³/mol. The molecule has 0 radical (unpaired) electrons. The molecular formula is C11H20N2O2. The van der Waals surface area contributed by atoms with Crippen molar-refractivity contribution in [1.82, 2.24) is 5.32 Å². The van der Waals surface area contributed by atoms with Crippen molar-refractivity contribution in [3.63, 3.8) is 0 Å². The second-order valence-electron chi connectivity index (χ2n) is 4.92. The van der Waals surface area contributed by atoms with Gasteiger partial charge in [0.05, 0.1) is 0 Å². The summed E-state index contributed by atoms with van der Waals surface area (Å²) < 4.78 is 0. The Morgan fingerprint density at radius 3 is 2.53 bits per heavy atom. The van der Waals surface area contributed by atoms with Crippen molar-refractivity contribution in [2.24, 2.45) is 11.7 Å². The van der Waals surface area contributed by atoms with E-state index < -0.39 is 12.1 Å². The fraction of sp³-hybridized carbons (Fsp3) is 0.909. The summed E-state index contributed by atoms with van der Waals surface area (Å²) in [6.45, 7) is 0. The molecule has 0 unspecified atom stereocenters. The standard InChI is InChI=1S/C11H20N2O2/c12-9(6-7-2-1-3-7)10(14)11(15)13-8-4-5-8/h7-10,14H,1-6,12H2,(H,13,15)/t9-,10-/m0/s1. The normalized spacial score (nSPS) is 25.5. The summed E-state index contributed by atoms with van der Waals surface area (Å²) in [5.41, 5.74) is 5.81. The third-order valence-corrected chi connectivity index (χ3v) is 3.43. The number of aliphatic hydroxyl groups is 1. The van der Waals surface area contributed by atoms with Gasteiger partial charge in [-0.2, -0.15) is 0 Å². The van der Waals surface area contributed by atoms with E-state index in [0.717, 1.165) is 19.3 Å². The van der Waals surface area contributed by atoms with E-state index in [1.807, 2.05) is 0 Å². The highest BCUT2D eigenvalue weighted by molar-refractivity contribution is 5.81. The van der Waals surface area contributed by atoms with Crippen LogP contribution in [0.15, 0.2) is 0 Å². The number of rotatable bonds is 5. The summed E-state index contributed by atoms with van der Waals surface area (Å²) in [7, 11) is 0. The maximum atomic E-state index is 11.5. The Hall–Kier alpha value is -0.610. The van der Waals surface area contributed by atoms with Gasteiger partial charge in [0, 0.05) is 12.1 Å². The molecular weight excluding hydrogens is 192 g/mol. The summed E-state index contributed by atoms with van der Waals surface area (Å²) in [5, 5.41) is 12.5. The average molecular weight is 212 g/mol. The number of carbonyl (C=O) groups excluding carboxylic acids is 1. The summed E-state index contributed by atoms with van der Waals surface area (Å²) in [6, 6.07) is -0.0999. The molecule has 15 heavy (non-hydrogen) atoms. The van der Waals surface area contributed by atoms with Gasteiger partial charge in [0.1, 0.15) is 6.10 Å². The molecule has 1 amide bonds. The first-order chi connectivity index (χ1) is 7.16.